The zero-order chi connectivity index (χ0) is 30.5. The Bertz CT molecular complexity index is 1630. The van der Waals surface area contributed by atoms with Gasteiger partial charge >= 0.3 is 0 Å². The molecular formula is C34H36N4O3S2. The number of thiocarbonyl (C=S) groups is 1. The SMILES string of the molecule is CCCn1c(N2CCC(Cc3ccccc3)CC2)c(/C=C2\SC(=S)N(Cc3ccc(OC)cc3)C2=O)c(C)c(C#N)c1=O. The van der Waals surface area contributed by atoms with Crippen molar-refractivity contribution >= 4 is 46.1 Å². The second-order valence-corrected chi connectivity index (χ2v) is 12.7. The molecule has 5 rings (SSSR count). The van der Waals surface area contributed by atoms with E-state index in [4.69, 9.17) is 17.0 Å². The normalized spacial score (nSPS) is 16.7. The standard InChI is InChI=1S/C34H36N4O3S2/c1-4-16-37-31(36-17-14-25(15-18-36)19-24-8-6-5-7-9-24)28(23(2)29(21-35)32(37)39)20-30-33(40)38(34(42)43-30)22-26-10-12-27(41-3)13-11-26/h5-13,20,25H,4,14-19,22H2,1-3H3/b30-20-. The number of rotatable bonds is 9. The number of nitrogens with zero attached hydrogens (tertiary/aromatic N) is 4. The fourth-order valence-electron chi connectivity index (χ4n) is 5.89. The Balaban J connectivity index is 1.48. The lowest BCUT2D eigenvalue weighted by Gasteiger charge is -2.36. The summed E-state index contributed by atoms with van der Waals surface area (Å²) in [5, 5.41) is 9.98. The Kier molecular flexibility index (Phi) is 9.69. The zero-order valence-electron chi connectivity index (χ0n) is 24.8. The summed E-state index contributed by atoms with van der Waals surface area (Å²) in [4.78, 5) is 31.6. The maximum atomic E-state index is 13.7. The molecule has 222 valence electrons. The van der Waals surface area contributed by atoms with Crippen LogP contribution in [0.1, 0.15) is 54.0 Å². The first-order valence-corrected chi connectivity index (χ1v) is 15.9. The van der Waals surface area contributed by atoms with Gasteiger partial charge in [-0.3, -0.25) is 19.1 Å². The molecule has 9 heteroatoms. The number of hydrogen-bond acceptors (Lipinski definition) is 7. The van der Waals surface area contributed by atoms with Crippen molar-refractivity contribution in [2.45, 2.75) is 52.6 Å². The van der Waals surface area contributed by atoms with Gasteiger partial charge in [-0.05, 0) is 73.4 Å². The monoisotopic (exact) mass is 612 g/mol. The molecule has 0 bridgehead atoms. The first kappa shape index (κ1) is 30.6. The quantitative estimate of drug-likeness (QED) is 0.207. The summed E-state index contributed by atoms with van der Waals surface area (Å²) in [6.07, 6.45) is 5.62. The number of aromatic nitrogens is 1. The highest BCUT2D eigenvalue weighted by atomic mass is 32.2. The molecule has 0 spiro atoms. The van der Waals surface area contributed by atoms with Gasteiger partial charge in [0, 0.05) is 25.2 Å². The molecule has 2 aromatic carbocycles. The highest BCUT2D eigenvalue weighted by molar-refractivity contribution is 8.26. The van der Waals surface area contributed by atoms with Gasteiger partial charge in [0.25, 0.3) is 11.5 Å². The molecule has 2 aliphatic heterocycles. The molecule has 0 aliphatic carbocycles. The fraction of sp³-hybridized carbons (Fsp3) is 0.353. The summed E-state index contributed by atoms with van der Waals surface area (Å²) in [5.41, 5.74) is 3.48. The Morgan fingerprint density at radius 3 is 2.40 bits per heavy atom. The molecule has 2 fully saturated rings. The molecule has 0 N–H and O–H groups in total. The molecule has 2 aliphatic rings. The number of benzene rings is 2. The van der Waals surface area contributed by atoms with E-state index in [0.29, 0.717) is 33.8 Å². The van der Waals surface area contributed by atoms with Gasteiger partial charge in [0.05, 0.1) is 18.6 Å². The minimum absolute atomic E-state index is 0.121. The van der Waals surface area contributed by atoms with Crippen molar-refractivity contribution in [3.8, 4) is 11.8 Å². The summed E-state index contributed by atoms with van der Waals surface area (Å²) in [6, 6.07) is 20.3. The number of piperidine rings is 1. The summed E-state index contributed by atoms with van der Waals surface area (Å²) in [5.74, 6) is 1.92. The minimum atomic E-state index is -0.271. The summed E-state index contributed by atoms with van der Waals surface area (Å²) in [6.45, 7) is 6.28. The van der Waals surface area contributed by atoms with Crippen LogP contribution in [0.25, 0.3) is 6.08 Å². The number of amides is 1. The fourth-order valence-corrected chi connectivity index (χ4v) is 7.13. The molecule has 0 unspecified atom stereocenters. The molecule has 1 aromatic heterocycles. The lowest BCUT2D eigenvalue weighted by molar-refractivity contribution is -0.122. The van der Waals surface area contributed by atoms with Crippen molar-refractivity contribution in [3.63, 3.8) is 0 Å². The molecule has 0 atom stereocenters. The molecule has 0 radical (unpaired) electrons. The molecule has 0 saturated carbocycles. The number of anilines is 1. The third-order valence-electron chi connectivity index (χ3n) is 8.22. The van der Waals surface area contributed by atoms with Crippen molar-refractivity contribution < 1.29 is 9.53 Å². The minimum Gasteiger partial charge on any atom is -0.497 e. The molecule has 43 heavy (non-hydrogen) atoms. The summed E-state index contributed by atoms with van der Waals surface area (Å²) < 4.78 is 7.48. The number of methoxy groups -OCH3 is 1. The van der Waals surface area contributed by atoms with Gasteiger partial charge in [0.1, 0.15) is 27.5 Å². The maximum Gasteiger partial charge on any atom is 0.270 e. The Hall–Kier alpha value is -3.87. The number of thioether (sulfide) groups is 1. The van der Waals surface area contributed by atoms with Gasteiger partial charge in [-0.15, -0.1) is 0 Å². The van der Waals surface area contributed by atoms with Crippen molar-refractivity contribution in [2.24, 2.45) is 5.92 Å². The van der Waals surface area contributed by atoms with E-state index in [9.17, 15) is 14.9 Å². The van der Waals surface area contributed by atoms with Crippen molar-refractivity contribution in [1.82, 2.24) is 9.47 Å². The topological polar surface area (TPSA) is 78.6 Å². The van der Waals surface area contributed by atoms with E-state index in [1.54, 1.807) is 16.6 Å². The van der Waals surface area contributed by atoms with Gasteiger partial charge in [0.15, 0.2) is 0 Å². The second kappa shape index (κ2) is 13.6. The van der Waals surface area contributed by atoms with Crippen LogP contribution >= 0.6 is 24.0 Å². The predicted molar refractivity (Wildman–Crippen MR) is 177 cm³/mol. The second-order valence-electron chi connectivity index (χ2n) is 11.0. The summed E-state index contributed by atoms with van der Waals surface area (Å²) in [7, 11) is 1.62. The first-order chi connectivity index (χ1) is 20.8. The van der Waals surface area contributed by atoms with Crippen LogP contribution in [0.5, 0.6) is 5.75 Å². The van der Waals surface area contributed by atoms with Crippen molar-refractivity contribution in [1.29, 1.82) is 5.26 Å². The van der Waals surface area contributed by atoms with E-state index in [2.05, 4.69) is 35.2 Å². The third kappa shape index (κ3) is 6.56. The maximum absolute atomic E-state index is 13.7. The summed E-state index contributed by atoms with van der Waals surface area (Å²) >= 11 is 6.90. The third-order valence-corrected chi connectivity index (χ3v) is 9.60. The van der Waals surface area contributed by atoms with Crippen LogP contribution in [-0.4, -0.2) is 39.9 Å². The van der Waals surface area contributed by atoms with Crippen LogP contribution in [-0.2, 0) is 24.3 Å². The molecule has 3 heterocycles. The van der Waals surface area contributed by atoms with Gasteiger partial charge < -0.3 is 9.64 Å². The lowest BCUT2D eigenvalue weighted by Crippen LogP contribution is -2.40. The smallest absolute Gasteiger partial charge is 0.270 e. The predicted octanol–water partition coefficient (Wildman–Crippen LogP) is 6.31. The van der Waals surface area contributed by atoms with Crippen LogP contribution in [0.2, 0.25) is 0 Å². The number of hydrogen-bond donors (Lipinski definition) is 0. The van der Waals surface area contributed by atoms with E-state index >= 15 is 0 Å². The molecule has 1 amide bonds. The van der Waals surface area contributed by atoms with E-state index in [0.717, 1.165) is 61.5 Å². The Labute approximate surface area is 262 Å². The molecular weight excluding hydrogens is 577 g/mol. The van der Waals surface area contributed by atoms with Crippen LogP contribution in [0.4, 0.5) is 5.82 Å². The van der Waals surface area contributed by atoms with Crippen LogP contribution in [0.15, 0.2) is 64.3 Å². The average molecular weight is 613 g/mol. The molecule has 2 saturated heterocycles. The number of nitriles is 1. The van der Waals surface area contributed by atoms with Crippen LogP contribution in [0, 0.1) is 24.2 Å². The first-order valence-electron chi connectivity index (χ1n) is 14.7. The number of carbonyl (C=O) groups excluding carboxylic acids is 1. The van der Waals surface area contributed by atoms with Gasteiger partial charge in [-0.2, -0.15) is 5.26 Å². The van der Waals surface area contributed by atoms with E-state index in [-0.39, 0.29) is 17.0 Å². The number of carbonyl (C=O) groups is 1. The molecule has 7 nitrogen and oxygen atoms in total. The van der Waals surface area contributed by atoms with Crippen molar-refractivity contribution in [3.05, 3.63) is 97.7 Å². The zero-order valence-corrected chi connectivity index (χ0v) is 26.5. The van der Waals surface area contributed by atoms with Crippen molar-refractivity contribution in [2.75, 3.05) is 25.1 Å². The van der Waals surface area contributed by atoms with Crippen LogP contribution < -0.4 is 15.2 Å². The highest BCUT2D eigenvalue weighted by Crippen LogP contribution is 2.37. The highest BCUT2D eigenvalue weighted by Gasteiger charge is 2.34. The largest absolute Gasteiger partial charge is 0.497 e. The van der Waals surface area contributed by atoms with Gasteiger partial charge in [-0.25, -0.2) is 0 Å². The average Bonchev–Trinajstić information content (AvgIpc) is 3.28. The Morgan fingerprint density at radius 2 is 1.77 bits per heavy atom. The number of ether oxygens (including phenoxy) is 1. The number of pyridine rings is 1. The van der Waals surface area contributed by atoms with Gasteiger partial charge in [0.2, 0.25) is 0 Å². The van der Waals surface area contributed by atoms with Crippen LogP contribution in [0.3, 0.4) is 0 Å². The lowest BCUT2D eigenvalue weighted by atomic mass is 9.90. The Morgan fingerprint density at radius 1 is 1.07 bits per heavy atom. The molecule has 3 aromatic rings. The van der Waals surface area contributed by atoms with E-state index in [1.807, 2.05) is 50.3 Å². The van der Waals surface area contributed by atoms with Gasteiger partial charge in [-0.1, -0.05) is 73.4 Å². The van der Waals surface area contributed by atoms with E-state index in [1.165, 1.54) is 17.3 Å². The van der Waals surface area contributed by atoms with E-state index < -0.39 is 0 Å².